The van der Waals surface area contributed by atoms with Crippen LogP contribution in [0.25, 0.3) is 0 Å². The number of carbonyl (C=O) groups is 2. The minimum atomic E-state index is -0.687. The molecule has 0 spiro atoms. The van der Waals surface area contributed by atoms with Crippen LogP contribution in [0.1, 0.15) is 88.2 Å². The zero-order valence-corrected chi connectivity index (χ0v) is 17.7. The van der Waals surface area contributed by atoms with E-state index >= 15 is 0 Å². The zero-order chi connectivity index (χ0) is 21.8. The van der Waals surface area contributed by atoms with E-state index in [2.05, 4.69) is 0 Å². The Balaban J connectivity index is 1.39. The third kappa shape index (κ3) is 5.27. The average molecular weight is 419 g/mol. The number of carboxylic acids is 2. The first kappa shape index (κ1) is 22.4. The molecule has 0 bridgehead atoms. The highest BCUT2D eigenvalue weighted by Gasteiger charge is 2.49. The van der Waals surface area contributed by atoms with Gasteiger partial charge in [0.2, 0.25) is 0 Å². The van der Waals surface area contributed by atoms with Crippen LogP contribution in [0.2, 0.25) is 0 Å². The molecule has 6 nitrogen and oxygen atoms in total. The summed E-state index contributed by atoms with van der Waals surface area (Å²) in [4.78, 5) is 22.4. The molecule has 2 saturated carbocycles. The van der Waals surface area contributed by atoms with Crippen molar-refractivity contribution in [1.29, 1.82) is 0 Å². The minimum Gasteiger partial charge on any atom is -0.508 e. The fourth-order valence-electron chi connectivity index (χ4n) is 4.46. The van der Waals surface area contributed by atoms with Gasteiger partial charge in [-0.25, -0.2) is 0 Å². The monoisotopic (exact) mass is 418 g/mol. The summed E-state index contributed by atoms with van der Waals surface area (Å²) >= 11 is 0. The Labute approximate surface area is 177 Å². The molecular weight excluding hydrogens is 384 g/mol. The van der Waals surface area contributed by atoms with Crippen LogP contribution in [0.3, 0.4) is 0 Å². The van der Waals surface area contributed by atoms with Gasteiger partial charge in [0.15, 0.2) is 0 Å². The first-order valence-corrected chi connectivity index (χ1v) is 11.3. The van der Waals surface area contributed by atoms with E-state index in [0.29, 0.717) is 24.8 Å². The first-order valence-electron chi connectivity index (χ1n) is 11.3. The lowest BCUT2D eigenvalue weighted by Gasteiger charge is -2.13. The Morgan fingerprint density at radius 2 is 1.23 bits per heavy atom. The molecule has 0 aliphatic heterocycles. The first-order chi connectivity index (χ1) is 14.3. The van der Waals surface area contributed by atoms with Crippen molar-refractivity contribution in [3.8, 4) is 11.5 Å². The molecule has 0 unspecified atom stereocenters. The molecule has 30 heavy (non-hydrogen) atoms. The van der Waals surface area contributed by atoms with Gasteiger partial charge in [-0.05, 0) is 75.8 Å². The van der Waals surface area contributed by atoms with E-state index < -0.39 is 22.8 Å². The van der Waals surface area contributed by atoms with Crippen molar-refractivity contribution in [2.24, 2.45) is 10.8 Å². The van der Waals surface area contributed by atoms with Gasteiger partial charge in [-0.15, -0.1) is 0 Å². The van der Waals surface area contributed by atoms with Crippen LogP contribution < -0.4 is 0 Å². The number of aromatic hydroxyl groups is 2. The van der Waals surface area contributed by atoms with Crippen molar-refractivity contribution >= 4 is 11.9 Å². The van der Waals surface area contributed by atoms with Crippen LogP contribution >= 0.6 is 0 Å². The standard InChI is InChI=1S/C24H34O6/c25-19-10-9-17(7-4-6-12-24(15-16-24)22(29)30)20(26)18(19)8-3-1-2-5-11-23(13-14-23)21(27)28/h9-10,25-26H,1-8,11-16H2,(H,27,28)(H,29,30). The van der Waals surface area contributed by atoms with Crippen LogP contribution in [0.4, 0.5) is 0 Å². The smallest absolute Gasteiger partial charge is 0.309 e. The third-order valence-corrected chi connectivity index (χ3v) is 7.14. The van der Waals surface area contributed by atoms with Gasteiger partial charge < -0.3 is 20.4 Å². The molecule has 2 aliphatic carbocycles. The molecule has 0 heterocycles. The summed E-state index contributed by atoms with van der Waals surface area (Å²) in [5, 5.41) is 39.2. The number of phenols is 2. The highest BCUT2D eigenvalue weighted by molar-refractivity contribution is 5.78. The van der Waals surface area contributed by atoms with Crippen LogP contribution in [-0.2, 0) is 22.4 Å². The Bertz CT molecular complexity index is 776. The summed E-state index contributed by atoms with van der Waals surface area (Å²) < 4.78 is 0. The molecule has 0 aromatic heterocycles. The maximum absolute atomic E-state index is 11.2. The molecule has 4 N–H and O–H groups in total. The molecule has 3 rings (SSSR count). The van der Waals surface area contributed by atoms with E-state index in [1.54, 1.807) is 12.1 Å². The molecule has 0 amide bonds. The number of hydrogen-bond acceptors (Lipinski definition) is 4. The van der Waals surface area contributed by atoms with Gasteiger partial charge in [-0.2, -0.15) is 0 Å². The number of rotatable bonds is 14. The number of benzene rings is 1. The van der Waals surface area contributed by atoms with Crippen molar-refractivity contribution in [2.45, 2.75) is 89.9 Å². The van der Waals surface area contributed by atoms with E-state index in [1.807, 2.05) is 0 Å². The van der Waals surface area contributed by atoms with Gasteiger partial charge in [0.25, 0.3) is 0 Å². The Morgan fingerprint density at radius 3 is 1.77 bits per heavy atom. The number of hydrogen-bond donors (Lipinski definition) is 4. The predicted octanol–water partition coefficient (Wildman–Crippen LogP) is 5.03. The highest BCUT2D eigenvalue weighted by Crippen LogP contribution is 2.51. The molecule has 2 fully saturated rings. The summed E-state index contributed by atoms with van der Waals surface area (Å²) in [6.45, 7) is 0. The van der Waals surface area contributed by atoms with Crippen molar-refractivity contribution < 1.29 is 30.0 Å². The van der Waals surface area contributed by atoms with E-state index in [9.17, 15) is 30.0 Å². The number of carboxylic acid groups (broad SMARTS) is 2. The topological polar surface area (TPSA) is 115 Å². The average Bonchev–Trinajstić information content (AvgIpc) is 3.60. The molecule has 0 radical (unpaired) electrons. The van der Waals surface area contributed by atoms with Gasteiger partial charge in [-0.1, -0.05) is 31.7 Å². The van der Waals surface area contributed by atoms with Crippen LogP contribution in [0, 0.1) is 10.8 Å². The largest absolute Gasteiger partial charge is 0.508 e. The van der Waals surface area contributed by atoms with Crippen molar-refractivity contribution in [2.75, 3.05) is 0 Å². The van der Waals surface area contributed by atoms with E-state index in [0.717, 1.165) is 76.2 Å². The normalized spacial score (nSPS) is 18.1. The Kier molecular flexibility index (Phi) is 6.94. The fourth-order valence-corrected chi connectivity index (χ4v) is 4.46. The van der Waals surface area contributed by atoms with Gasteiger partial charge >= 0.3 is 11.9 Å². The molecule has 0 atom stereocenters. The second-order valence-corrected chi connectivity index (χ2v) is 9.36. The maximum atomic E-state index is 11.2. The van der Waals surface area contributed by atoms with Crippen LogP contribution in [-0.4, -0.2) is 32.4 Å². The Morgan fingerprint density at radius 1 is 0.733 bits per heavy atom. The molecule has 6 heteroatoms. The molecule has 2 aliphatic rings. The summed E-state index contributed by atoms with van der Waals surface area (Å²) in [7, 11) is 0. The lowest BCUT2D eigenvalue weighted by Crippen LogP contribution is -2.14. The van der Waals surface area contributed by atoms with Crippen molar-refractivity contribution in [3.05, 3.63) is 23.3 Å². The highest BCUT2D eigenvalue weighted by atomic mass is 16.4. The quantitative estimate of drug-likeness (QED) is 0.315. The van der Waals surface area contributed by atoms with Crippen LogP contribution in [0.15, 0.2) is 12.1 Å². The second-order valence-electron chi connectivity index (χ2n) is 9.36. The molecule has 0 saturated heterocycles. The lowest BCUT2D eigenvalue weighted by atomic mass is 9.94. The number of phenolic OH excluding ortho intramolecular Hbond substituents is 2. The maximum Gasteiger partial charge on any atom is 0.309 e. The SMILES string of the molecule is O=C(O)C1(CCCCCCc2c(O)ccc(CCCCC3(C(=O)O)CC3)c2O)CC1. The van der Waals surface area contributed by atoms with E-state index in [-0.39, 0.29) is 11.5 Å². The number of aryl methyl sites for hydroxylation is 1. The lowest BCUT2D eigenvalue weighted by molar-refractivity contribution is -0.144. The molecule has 1 aromatic carbocycles. The molecule has 166 valence electrons. The van der Waals surface area contributed by atoms with Gasteiger partial charge in [0.05, 0.1) is 10.8 Å². The Hall–Kier alpha value is -2.24. The zero-order valence-electron chi connectivity index (χ0n) is 17.7. The third-order valence-electron chi connectivity index (χ3n) is 7.14. The van der Waals surface area contributed by atoms with Crippen LogP contribution in [0.5, 0.6) is 11.5 Å². The molecular formula is C24H34O6. The van der Waals surface area contributed by atoms with E-state index in [4.69, 9.17) is 0 Å². The number of aliphatic carboxylic acids is 2. The number of unbranched alkanes of at least 4 members (excludes halogenated alkanes) is 4. The second kappa shape index (κ2) is 9.27. The summed E-state index contributed by atoms with van der Waals surface area (Å²) in [6, 6.07) is 3.38. The summed E-state index contributed by atoms with van der Waals surface area (Å²) in [5.74, 6) is -1.07. The fraction of sp³-hybridized carbons (Fsp3) is 0.667. The van der Waals surface area contributed by atoms with Gasteiger partial charge in [-0.3, -0.25) is 9.59 Å². The van der Waals surface area contributed by atoms with Crippen molar-refractivity contribution in [3.63, 3.8) is 0 Å². The van der Waals surface area contributed by atoms with Gasteiger partial charge in [0.1, 0.15) is 11.5 Å². The molecule has 1 aromatic rings. The van der Waals surface area contributed by atoms with Gasteiger partial charge in [0, 0.05) is 5.56 Å². The summed E-state index contributed by atoms with van der Waals surface area (Å²) in [6.07, 6.45) is 11.1. The summed E-state index contributed by atoms with van der Waals surface area (Å²) in [5.41, 5.74) is 0.446. The van der Waals surface area contributed by atoms with E-state index in [1.165, 1.54) is 0 Å². The predicted molar refractivity (Wildman–Crippen MR) is 113 cm³/mol. The minimum absolute atomic E-state index is 0.113. The van der Waals surface area contributed by atoms with Crippen molar-refractivity contribution in [1.82, 2.24) is 0 Å².